The Bertz CT molecular complexity index is 999. The summed E-state index contributed by atoms with van der Waals surface area (Å²) in [6.45, 7) is 10.8. The monoisotopic (exact) mass is 418 g/mol. The molecular weight excluding hydrogens is 396 g/mol. The Balaban J connectivity index is 2.12. The molecule has 148 valence electrons. The largest absolute Gasteiger partial charge is 0.427 e. The number of carbonyl (C=O) groups is 2. The second kappa shape index (κ2) is 7.01. The Labute approximate surface area is 173 Å². The van der Waals surface area contributed by atoms with Gasteiger partial charge >= 0.3 is 5.97 Å². The number of benzene rings is 1. The minimum absolute atomic E-state index is 0.298. The maximum Gasteiger partial charge on any atom is 0.316 e. The van der Waals surface area contributed by atoms with Crippen molar-refractivity contribution < 1.29 is 14.3 Å². The molecule has 0 unspecified atom stereocenters. The van der Waals surface area contributed by atoms with Crippen LogP contribution < -0.4 is 5.32 Å². The van der Waals surface area contributed by atoms with Crippen LogP contribution >= 0.6 is 22.9 Å². The van der Waals surface area contributed by atoms with E-state index >= 15 is 0 Å². The minimum Gasteiger partial charge on any atom is -0.427 e. The number of ether oxygens (including phenoxy) is 1. The van der Waals surface area contributed by atoms with E-state index < -0.39 is 16.9 Å². The average Bonchev–Trinajstić information content (AvgIpc) is 3.03. The summed E-state index contributed by atoms with van der Waals surface area (Å²) >= 11 is 7.57. The molecule has 1 aromatic heterocycles. The van der Waals surface area contributed by atoms with Gasteiger partial charge in [-0.25, -0.2) is 4.98 Å². The van der Waals surface area contributed by atoms with Crippen LogP contribution in [0.25, 0.3) is 16.1 Å². The molecule has 1 aliphatic heterocycles. The number of nitrogens with one attached hydrogen (secondary N) is 1. The molecule has 0 radical (unpaired) electrons. The van der Waals surface area contributed by atoms with Crippen molar-refractivity contribution in [2.75, 3.05) is 0 Å². The number of carbonyl (C=O) groups excluding carboxylic acids is 2. The van der Waals surface area contributed by atoms with E-state index in [-0.39, 0.29) is 5.91 Å². The summed E-state index contributed by atoms with van der Waals surface area (Å²) < 4.78 is 5.72. The predicted molar refractivity (Wildman–Crippen MR) is 112 cm³/mol. The number of hydrogen-bond acceptors (Lipinski definition) is 5. The van der Waals surface area contributed by atoms with E-state index in [1.807, 2.05) is 39.0 Å². The van der Waals surface area contributed by atoms with Crippen LogP contribution in [0.3, 0.4) is 0 Å². The second-order valence-electron chi connectivity index (χ2n) is 8.36. The van der Waals surface area contributed by atoms with Crippen LogP contribution in [-0.4, -0.2) is 22.4 Å². The average molecular weight is 419 g/mol. The lowest BCUT2D eigenvalue weighted by atomic mass is 9.96. The number of hydrogen-bond donors (Lipinski definition) is 1. The van der Waals surface area contributed by atoms with E-state index in [4.69, 9.17) is 16.3 Å². The fourth-order valence-electron chi connectivity index (χ4n) is 2.83. The van der Waals surface area contributed by atoms with Gasteiger partial charge in [0.1, 0.15) is 16.3 Å². The van der Waals surface area contributed by atoms with Gasteiger partial charge in [-0.3, -0.25) is 9.59 Å². The Hall–Kier alpha value is -2.18. The quantitative estimate of drug-likeness (QED) is 0.713. The zero-order valence-electron chi connectivity index (χ0n) is 16.8. The predicted octanol–water partition coefficient (Wildman–Crippen LogP) is 4.98. The Morgan fingerprint density at radius 3 is 2.57 bits per heavy atom. The normalized spacial score (nSPS) is 16.3. The van der Waals surface area contributed by atoms with Gasteiger partial charge in [0.05, 0.1) is 16.6 Å². The van der Waals surface area contributed by atoms with E-state index in [9.17, 15) is 9.59 Å². The van der Waals surface area contributed by atoms with Gasteiger partial charge in [-0.1, -0.05) is 23.7 Å². The van der Waals surface area contributed by atoms with Crippen molar-refractivity contribution in [3.05, 3.63) is 45.6 Å². The Morgan fingerprint density at radius 1 is 1.29 bits per heavy atom. The molecule has 0 saturated carbocycles. The Morgan fingerprint density at radius 2 is 1.96 bits per heavy atom. The fraction of sp³-hybridized carbons (Fsp3) is 0.381. The van der Waals surface area contributed by atoms with Crippen LogP contribution in [0.15, 0.2) is 30.0 Å². The fourth-order valence-corrected chi connectivity index (χ4v) is 3.94. The molecule has 3 rings (SSSR count). The number of aromatic nitrogens is 1. The lowest BCUT2D eigenvalue weighted by Crippen LogP contribution is -2.40. The lowest BCUT2D eigenvalue weighted by molar-refractivity contribution is -0.149. The smallest absolute Gasteiger partial charge is 0.316 e. The van der Waals surface area contributed by atoms with Crippen LogP contribution in [0.2, 0.25) is 5.02 Å². The summed E-state index contributed by atoms with van der Waals surface area (Å²) in [5.41, 5.74) is 0.213. The van der Waals surface area contributed by atoms with Crippen molar-refractivity contribution in [2.24, 2.45) is 5.41 Å². The molecule has 0 saturated heterocycles. The molecule has 2 aromatic rings. The van der Waals surface area contributed by atoms with Gasteiger partial charge in [0.25, 0.3) is 5.91 Å². The molecule has 2 heterocycles. The van der Waals surface area contributed by atoms with Crippen molar-refractivity contribution in [1.82, 2.24) is 10.3 Å². The highest BCUT2D eigenvalue weighted by atomic mass is 35.5. The zero-order valence-corrected chi connectivity index (χ0v) is 18.3. The van der Waals surface area contributed by atoms with Crippen molar-refractivity contribution in [3.63, 3.8) is 0 Å². The van der Waals surface area contributed by atoms with Crippen molar-refractivity contribution in [3.8, 4) is 10.6 Å². The van der Waals surface area contributed by atoms with E-state index in [1.165, 1.54) is 11.3 Å². The van der Waals surface area contributed by atoms with Crippen LogP contribution in [0.5, 0.6) is 0 Å². The van der Waals surface area contributed by atoms with Crippen LogP contribution in [0, 0.1) is 12.3 Å². The van der Waals surface area contributed by atoms with Crippen LogP contribution in [-0.2, 0) is 14.3 Å². The highest BCUT2D eigenvalue weighted by Gasteiger charge is 2.44. The summed E-state index contributed by atoms with van der Waals surface area (Å²) in [5.74, 6) is -0.385. The van der Waals surface area contributed by atoms with Gasteiger partial charge in [-0.2, -0.15) is 0 Å². The van der Waals surface area contributed by atoms with Gasteiger partial charge < -0.3 is 10.1 Å². The molecule has 1 aromatic carbocycles. The first kappa shape index (κ1) is 20.6. The first-order chi connectivity index (χ1) is 12.9. The van der Waals surface area contributed by atoms with Gasteiger partial charge in [-0.05, 0) is 53.7 Å². The van der Waals surface area contributed by atoms with Crippen molar-refractivity contribution >= 4 is 40.4 Å². The molecule has 1 N–H and O–H groups in total. The number of aryl methyl sites for hydroxylation is 1. The Kier molecular flexibility index (Phi) is 5.15. The van der Waals surface area contributed by atoms with Gasteiger partial charge in [0.15, 0.2) is 0 Å². The molecule has 1 amide bonds. The topological polar surface area (TPSA) is 68.3 Å². The van der Waals surface area contributed by atoms with E-state index in [2.05, 4.69) is 10.3 Å². The number of esters is 1. The second-order valence-corrected chi connectivity index (χ2v) is 10.00. The third-order valence-corrected chi connectivity index (χ3v) is 5.61. The zero-order chi connectivity index (χ0) is 20.9. The summed E-state index contributed by atoms with van der Waals surface area (Å²) in [5, 5.41) is 4.25. The summed E-state index contributed by atoms with van der Waals surface area (Å²) in [6, 6.07) is 7.40. The molecule has 7 heteroatoms. The molecule has 0 atom stereocenters. The number of nitrogens with zero attached hydrogens (tertiary/aromatic N) is 1. The molecule has 0 spiro atoms. The van der Waals surface area contributed by atoms with E-state index in [0.717, 1.165) is 15.4 Å². The van der Waals surface area contributed by atoms with Crippen molar-refractivity contribution in [2.45, 2.75) is 47.1 Å². The SMILES string of the molecule is Cc1sc(-c2cccc(Cl)c2)nc1C1=C(OC(=O)C(C)(C)C)C(C)(C)NC1=O. The third kappa shape index (κ3) is 3.84. The molecular formula is C21H23ClN2O3S. The van der Waals surface area contributed by atoms with Gasteiger partial charge in [-0.15, -0.1) is 11.3 Å². The molecule has 1 aliphatic rings. The molecule has 0 bridgehead atoms. The van der Waals surface area contributed by atoms with Gasteiger partial charge in [0, 0.05) is 15.5 Å². The highest BCUT2D eigenvalue weighted by Crippen LogP contribution is 2.39. The molecule has 28 heavy (non-hydrogen) atoms. The number of thiazole rings is 1. The maximum absolute atomic E-state index is 12.8. The first-order valence-electron chi connectivity index (χ1n) is 8.93. The van der Waals surface area contributed by atoms with Gasteiger partial charge in [0.2, 0.25) is 0 Å². The maximum atomic E-state index is 12.8. The molecule has 0 aliphatic carbocycles. The summed E-state index contributed by atoms with van der Waals surface area (Å²) in [6.07, 6.45) is 0. The summed E-state index contributed by atoms with van der Waals surface area (Å²) in [7, 11) is 0. The highest BCUT2D eigenvalue weighted by molar-refractivity contribution is 7.15. The third-order valence-electron chi connectivity index (χ3n) is 4.36. The van der Waals surface area contributed by atoms with Crippen LogP contribution in [0.4, 0.5) is 0 Å². The molecule has 5 nitrogen and oxygen atoms in total. The minimum atomic E-state index is -0.806. The van der Waals surface area contributed by atoms with Crippen molar-refractivity contribution in [1.29, 1.82) is 0 Å². The van der Waals surface area contributed by atoms with Crippen LogP contribution in [0.1, 0.15) is 45.2 Å². The standard InChI is InChI=1S/C21H23ClN2O3S/c1-11-15(23-18(28-11)12-8-7-9-13(22)10-12)14-16(21(5,6)24-17(14)25)27-19(26)20(2,3)4/h7-10H,1-6H3,(H,24,25). The summed E-state index contributed by atoms with van der Waals surface area (Å²) in [4.78, 5) is 30.8. The number of amides is 1. The first-order valence-corrected chi connectivity index (χ1v) is 10.1. The number of rotatable bonds is 3. The van der Waals surface area contributed by atoms with E-state index in [0.29, 0.717) is 22.0 Å². The lowest BCUT2D eigenvalue weighted by Gasteiger charge is -2.25. The van der Waals surface area contributed by atoms with E-state index in [1.54, 1.807) is 26.8 Å². The number of halogens is 1. The molecule has 0 fully saturated rings.